The summed E-state index contributed by atoms with van der Waals surface area (Å²) >= 11 is 0. The average Bonchev–Trinajstić information content (AvgIpc) is 2.97. The van der Waals surface area contributed by atoms with Gasteiger partial charge in [-0.05, 0) is 43.3 Å². The quantitative estimate of drug-likeness (QED) is 0.780. The number of amides is 1. The number of methoxy groups -OCH3 is 1. The number of aromatic nitrogens is 2. The molecular weight excluding hydrogens is 306 g/mol. The Bertz CT molecular complexity index is 826. The summed E-state index contributed by atoms with van der Waals surface area (Å²) in [6.45, 7) is 1.79. The molecule has 0 aliphatic heterocycles. The summed E-state index contributed by atoms with van der Waals surface area (Å²) in [5.74, 6) is 1.67. The summed E-state index contributed by atoms with van der Waals surface area (Å²) in [6, 6.07) is 10.8. The largest absolute Gasteiger partial charge is 0.497 e. The fraction of sp³-hybridized carbons (Fsp3) is 0.167. The van der Waals surface area contributed by atoms with E-state index < -0.39 is 0 Å². The van der Waals surface area contributed by atoms with Crippen molar-refractivity contribution in [3.05, 3.63) is 60.2 Å². The molecule has 1 aromatic carbocycles. The summed E-state index contributed by atoms with van der Waals surface area (Å²) in [6.07, 6.45) is 3.50. The predicted octanol–water partition coefficient (Wildman–Crippen LogP) is 3.23. The van der Waals surface area contributed by atoms with Crippen LogP contribution in [0.1, 0.15) is 11.5 Å². The SMILES string of the molecule is COc1ccc(NC(=O)Cc2nc(-c3cccnc3)oc2C)cc1. The Balaban J connectivity index is 1.69. The fourth-order valence-electron chi connectivity index (χ4n) is 2.24. The van der Waals surface area contributed by atoms with Gasteiger partial charge in [0.25, 0.3) is 0 Å². The maximum absolute atomic E-state index is 12.2. The molecule has 0 saturated heterocycles. The maximum Gasteiger partial charge on any atom is 0.230 e. The van der Waals surface area contributed by atoms with E-state index >= 15 is 0 Å². The monoisotopic (exact) mass is 323 g/mol. The lowest BCUT2D eigenvalue weighted by molar-refractivity contribution is -0.115. The standard InChI is InChI=1S/C18H17N3O3/c1-12-16(21-18(24-12)13-4-3-9-19-11-13)10-17(22)20-14-5-7-15(23-2)8-6-14/h3-9,11H,10H2,1-2H3,(H,20,22). The minimum absolute atomic E-state index is 0.141. The Morgan fingerprint density at radius 2 is 2.04 bits per heavy atom. The van der Waals surface area contributed by atoms with Gasteiger partial charge >= 0.3 is 0 Å². The number of nitrogens with zero attached hydrogens (tertiary/aromatic N) is 2. The molecule has 0 saturated carbocycles. The maximum atomic E-state index is 12.2. The number of rotatable bonds is 5. The number of hydrogen-bond donors (Lipinski definition) is 1. The molecule has 0 spiro atoms. The van der Waals surface area contributed by atoms with Crippen molar-refractivity contribution < 1.29 is 13.9 Å². The van der Waals surface area contributed by atoms with E-state index in [1.54, 1.807) is 50.7 Å². The van der Waals surface area contributed by atoms with Gasteiger partial charge in [-0.15, -0.1) is 0 Å². The highest BCUT2D eigenvalue weighted by atomic mass is 16.5. The normalized spacial score (nSPS) is 10.4. The number of hydrogen-bond acceptors (Lipinski definition) is 5. The van der Waals surface area contributed by atoms with Gasteiger partial charge in [-0.3, -0.25) is 9.78 Å². The summed E-state index contributed by atoms with van der Waals surface area (Å²) in [7, 11) is 1.60. The first kappa shape index (κ1) is 15.7. The van der Waals surface area contributed by atoms with Crippen LogP contribution >= 0.6 is 0 Å². The summed E-state index contributed by atoms with van der Waals surface area (Å²) in [4.78, 5) is 20.6. The Labute approximate surface area is 139 Å². The number of benzene rings is 1. The summed E-state index contributed by atoms with van der Waals surface area (Å²) in [5.41, 5.74) is 2.09. The molecule has 2 aromatic heterocycles. The number of oxazole rings is 1. The van der Waals surface area contributed by atoms with Gasteiger partial charge in [0, 0.05) is 18.1 Å². The molecule has 3 rings (SSSR count). The molecule has 6 heteroatoms. The van der Waals surface area contributed by atoms with E-state index in [4.69, 9.17) is 9.15 Å². The average molecular weight is 323 g/mol. The molecule has 3 aromatic rings. The minimum atomic E-state index is -0.158. The molecule has 0 atom stereocenters. The van der Waals surface area contributed by atoms with Crippen molar-refractivity contribution in [1.82, 2.24) is 9.97 Å². The van der Waals surface area contributed by atoms with Crippen LogP contribution in [0.3, 0.4) is 0 Å². The van der Waals surface area contributed by atoms with Crippen molar-refractivity contribution in [2.45, 2.75) is 13.3 Å². The second-order valence-electron chi connectivity index (χ2n) is 5.22. The molecule has 0 aliphatic carbocycles. The van der Waals surface area contributed by atoms with Gasteiger partial charge in [-0.25, -0.2) is 4.98 Å². The number of anilines is 1. The van der Waals surface area contributed by atoms with Crippen LogP contribution in [0, 0.1) is 6.92 Å². The highest BCUT2D eigenvalue weighted by Gasteiger charge is 2.15. The number of aryl methyl sites for hydroxylation is 1. The van der Waals surface area contributed by atoms with Crippen LogP contribution in [-0.4, -0.2) is 23.0 Å². The zero-order valence-electron chi connectivity index (χ0n) is 13.4. The number of ether oxygens (including phenoxy) is 1. The topological polar surface area (TPSA) is 77.2 Å². The van der Waals surface area contributed by atoms with Crippen LogP contribution in [0.25, 0.3) is 11.5 Å². The lowest BCUT2D eigenvalue weighted by atomic mass is 10.2. The smallest absolute Gasteiger partial charge is 0.230 e. The highest BCUT2D eigenvalue weighted by molar-refractivity contribution is 5.92. The van der Waals surface area contributed by atoms with Gasteiger partial charge in [0.15, 0.2) is 0 Å². The Morgan fingerprint density at radius 3 is 2.71 bits per heavy atom. The molecule has 6 nitrogen and oxygen atoms in total. The molecule has 0 fully saturated rings. The molecule has 0 bridgehead atoms. The molecule has 2 heterocycles. The van der Waals surface area contributed by atoms with Gasteiger partial charge in [-0.1, -0.05) is 0 Å². The summed E-state index contributed by atoms with van der Waals surface area (Å²) in [5, 5.41) is 2.83. The van der Waals surface area contributed by atoms with Crippen LogP contribution in [0.5, 0.6) is 5.75 Å². The van der Waals surface area contributed by atoms with E-state index in [-0.39, 0.29) is 12.3 Å². The molecule has 24 heavy (non-hydrogen) atoms. The molecule has 0 radical (unpaired) electrons. The highest BCUT2D eigenvalue weighted by Crippen LogP contribution is 2.21. The van der Waals surface area contributed by atoms with E-state index in [1.165, 1.54) is 0 Å². The number of carbonyl (C=O) groups excluding carboxylic acids is 1. The molecular formula is C18H17N3O3. The van der Waals surface area contributed by atoms with Crippen molar-refractivity contribution in [3.8, 4) is 17.2 Å². The van der Waals surface area contributed by atoms with Crippen LogP contribution in [0.4, 0.5) is 5.69 Å². The Morgan fingerprint density at radius 1 is 1.25 bits per heavy atom. The first-order valence-electron chi connectivity index (χ1n) is 7.46. The first-order valence-corrected chi connectivity index (χ1v) is 7.46. The molecule has 122 valence electrons. The Hall–Kier alpha value is -3.15. The van der Waals surface area contributed by atoms with Gasteiger partial charge in [0.1, 0.15) is 11.5 Å². The molecule has 0 aliphatic rings. The fourth-order valence-corrected chi connectivity index (χ4v) is 2.24. The van der Waals surface area contributed by atoms with Gasteiger partial charge in [0.05, 0.1) is 24.8 Å². The number of pyridine rings is 1. The van der Waals surface area contributed by atoms with E-state index in [0.717, 1.165) is 11.3 Å². The van der Waals surface area contributed by atoms with Crippen molar-refractivity contribution >= 4 is 11.6 Å². The van der Waals surface area contributed by atoms with E-state index in [1.807, 2.05) is 12.1 Å². The lowest BCUT2D eigenvalue weighted by Crippen LogP contribution is -2.15. The van der Waals surface area contributed by atoms with E-state index in [0.29, 0.717) is 23.0 Å². The van der Waals surface area contributed by atoms with Gasteiger partial charge in [0.2, 0.25) is 11.8 Å². The van der Waals surface area contributed by atoms with Crippen LogP contribution < -0.4 is 10.1 Å². The Kier molecular flexibility index (Phi) is 4.56. The van der Waals surface area contributed by atoms with Crippen molar-refractivity contribution in [2.24, 2.45) is 0 Å². The first-order chi connectivity index (χ1) is 11.7. The number of carbonyl (C=O) groups is 1. The second-order valence-corrected chi connectivity index (χ2v) is 5.22. The lowest BCUT2D eigenvalue weighted by Gasteiger charge is -2.05. The van der Waals surface area contributed by atoms with Crippen molar-refractivity contribution in [1.29, 1.82) is 0 Å². The van der Waals surface area contributed by atoms with Crippen LogP contribution in [-0.2, 0) is 11.2 Å². The van der Waals surface area contributed by atoms with Crippen LogP contribution in [0.15, 0.2) is 53.2 Å². The summed E-state index contributed by atoms with van der Waals surface area (Å²) < 4.78 is 10.7. The van der Waals surface area contributed by atoms with Gasteiger partial charge < -0.3 is 14.5 Å². The second kappa shape index (κ2) is 6.95. The van der Waals surface area contributed by atoms with E-state index in [9.17, 15) is 4.79 Å². The predicted molar refractivity (Wildman–Crippen MR) is 89.8 cm³/mol. The molecule has 1 amide bonds. The third-order valence-electron chi connectivity index (χ3n) is 3.50. The molecule has 0 unspecified atom stereocenters. The third-order valence-corrected chi connectivity index (χ3v) is 3.50. The zero-order chi connectivity index (χ0) is 16.9. The van der Waals surface area contributed by atoms with Crippen molar-refractivity contribution in [3.63, 3.8) is 0 Å². The number of nitrogens with one attached hydrogen (secondary N) is 1. The third kappa shape index (κ3) is 3.60. The van der Waals surface area contributed by atoms with Crippen LogP contribution in [0.2, 0.25) is 0 Å². The molecule has 1 N–H and O–H groups in total. The zero-order valence-corrected chi connectivity index (χ0v) is 13.4. The van der Waals surface area contributed by atoms with E-state index in [2.05, 4.69) is 15.3 Å². The van der Waals surface area contributed by atoms with Crippen molar-refractivity contribution in [2.75, 3.05) is 12.4 Å². The minimum Gasteiger partial charge on any atom is -0.497 e. The van der Waals surface area contributed by atoms with Gasteiger partial charge in [-0.2, -0.15) is 0 Å².